The van der Waals surface area contributed by atoms with Crippen LogP contribution in [-0.2, 0) is 4.79 Å². The molecule has 0 bridgehead atoms. The minimum Gasteiger partial charge on any atom is -0.484 e. The number of carbonyl (C=O) groups excluding carboxylic acids is 1. The molecule has 1 unspecified atom stereocenters. The molecule has 0 radical (unpaired) electrons. The summed E-state index contributed by atoms with van der Waals surface area (Å²) < 4.78 is 5.71. The van der Waals surface area contributed by atoms with Crippen molar-refractivity contribution < 1.29 is 9.53 Å². The molecule has 1 aliphatic heterocycles. The molecule has 1 fully saturated rings. The highest BCUT2D eigenvalue weighted by molar-refractivity contribution is 5.78. The predicted octanol–water partition coefficient (Wildman–Crippen LogP) is 3.08. The van der Waals surface area contributed by atoms with Gasteiger partial charge in [0.1, 0.15) is 5.75 Å². The number of hydrogen-bond acceptors (Lipinski definition) is 3. The Morgan fingerprint density at radius 1 is 1.43 bits per heavy atom. The largest absolute Gasteiger partial charge is 0.484 e. The molecule has 23 heavy (non-hydrogen) atoms. The van der Waals surface area contributed by atoms with Gasteiger partial charge in [-0.15, -0.1) is 0 Å². The normalized spacial score (nSPS) is 20.7. The van der Waals surface area contributed by atoms with Crippen LogP contribution in [0.2, 0.25) is 0 Å². The van der Waals surface area contributed by atoms with Crippen LogP contribution in [0.3, 0.4) is 0 Å². The molecule has 4 heteroatoms. The highest BCUT2D eigenvalue weighted by Crippen LogP contribution is 2.28. The lowest BCUT2D eigenvalue weighted by atomic mass is 9.80. The van der Waals surface area contributed by atoms with E-state index in [0.717, 1.165) is 18.7 Å². The summed E-state index contributed by atoms with van der Waals surface area (Å²) in [5.74, 6) is 1.29. The van der Waals surface area contributed by atoms with E-state index in [0.29, 0.717) is 12.5 Å². The lowest BCUT2D eigenvalue weighted by Crippen LogP contribution is -2.54. The number of likely N-dealkylation sites (tertiary alicyclic amines) is 1. The van der Waals surface area contributed by atoms with Crippen LogP contribution in [0.1, 0.15) is 51.2 Å². The van der Waals surface area contributed by atoms with Gasteiger partial charge in [-0.1, -0.05) is 33.8 Å². The van der Waals surface area contributed by atoms with Crippen LogP contribution >= 0.6 is 0 Å². The quantitative estimate of drug-likeness (QED) is 0.928. The number of aryl methyl sites for hydroxylation is 1. The van der Waals surface area contributed by atoms with E-state index in [4.69, 9.17) is 10.5 Å². The summed E-state index contributed by atoms with van der Waals surface area (Å²) in [6.07, 6.45) is 0.848. The standard InChI is InChI=1S/C19H30N2O2/c1-13(2)16-7-6-15(10-14(16)3)23-11-18(22)21-9-8-17(20)19(4,5)12-21/h6-7,10,13,17H,8-9,11-12,20H2,1-5H3. The summed E-state index contributed by atoms with van der Waals surface area (Å²) in [6, 6.07) is 6.20. The van der Waals surface area contributed by atoms with Gasteiger partial charge in [0.15, 0.2) is 6.61 Å². The third kappa shape index (κ3) is 4.25. The number of nitrogens with zero attached hydrogens (tertiary/aromatic N) is 1. The molecule has 128 valence electrons. The third-order valence-corrected chi connectivity index (χ3v) is 4.89. The van der Waals surface area contributed by atoms with Crippen molar-refractivity contribution in [3.63, 3.8) is 0 Å². The van der Waals surface area contributed by atoms with Crippen molar-refractivity contribution >= 4 is 5.91 Å². The second-order valence-corrected chi connectivity index (χ2v) is 7.66. The Kier molecular flexibility index (Phi) is 5.35. The van der Waals surface area contributed by atoms with Crippen LogP contribution in [0.25, 0.3) is 0 Å². The molecule has 1 heterocycles. The van der Waals surface area contributed by atoms with Crippen molar-refractivity contribution in [2.45, 2.75) is 53.0 Å². The monoisotopic (exact) mass is 318 g/mol. The van der Waals surface area contributed by atoms with Gasteiger partial charge in [-0.3, -0.25) is 4.79 Å². The van der Waals surface area contributed by atoms with Gasteiger partial charge < -0.3 is 15.4 Å². The van der Waals surface area contributed by atoms with E-state index in [9.17, 15) is 4.79 Å². The molecule has 2 rings (SSSR count). The molecule has 0 aromatic heterocycles. The van der Waals surface area contributed by atoms with Gasteiger partial charge in [-0.2, -0.15) is 0 Å². The lowest BCUT2D eigenvalue weighted by molar-refractivity contribution is -0.136. The maximum Gasteiger partial charge on any atom is 0.260 e. The van der Waals surface area contributed by atoms with Crippen molar-refractivity contribution in [3.05, 3.63) is 29.3 Å². The second-order valence-electron chi connectivity index (χ2n) is 7.66. The van der Waals surface area contributed by atoms with Crippen molar-refractivity contribution in [1.82, 2.24) is 4.90 Å². The van der Waals surface area contributed by atoms with E-state index < -0.39 is 0 Å². The zero-order valence-corrected chi connectivity index (χ0v) is 15.1. The molecule has 0 spiro atoms. The molecule has 1 aromatic carbocycles. The number of amides is 1. The first-order chi connectivity index (χ1) is 10.7. The molecule has 1 aliphatic rings. The maximum absolute atomic E-state index is 12.4. The van der Waals surface area contributed by atoms with E-state index in [1.54, 1.807) is 0 Å². The SMILES string of the molecule is Cc1cc(OCC(=O)N2CCC(N)C(C)(C)C2)ccc1C(C)C. The van der Waals surface area contributed by atoms with E-state index in [-0.39, 0.29) is 24.0 Å². The molecule has 4 nitrogen and oxygen atoms in total. The summed E-state index contributed by atoms with van der Waals surface area (Å²) >= 11 is 0. The van der Waals surface area contributed by atoms with Crippen LogP contribution in [0.4, 0.5) is 0 Å². The predicted molar refractivity (Wildman–Crippen MR) is 93.7 cm³/mol. The third-order valence-electron chi connectivity index (χ3n) is 4.89. The second kappa shape index (κ2) is 6.91. The first-order valence-corrected chi connectivity index (χ1v) is 8.47. The molecule has 1 saturated heterocycles. The highest BCUT2D eigenvalue weighted by Gasteiger charge is 2.35. The van der Waals surface area contributed by atoms with Crippen LogP contribution in [-0.4, -0.2) is 36.5 Å². The summed E-state index contributed by atoms with van der Waals surface area (Å²) in [6.45, 7) is 12.2. The van der Waals surface area contributed by atoms with Crippen LogP contribution in [0.15, 0.2) is 18.2 Å². The fraction of sp³-hybridized carbons (Fsp3) is 0.632. The van der Waals surface area contributed by atoms with E-state index in [2.05, 4.69) is 40.7 Å². The van der Waals surface area contributed by atoms with Crippen molar-refractivity contribution in [2.24, 2.45) is 11.1 Å². The Morgan fingerprint density at radius 2 is 2.13 bits per heavy atom. The van der Waals surface area contributed by atoms with Gasteiger partial charge in [-0.25, -0.2) is 0 Å². The summed E-state index contributed by atoms with van der Waals surface area (Å²) in [4.78, 5) is 14.3. The van der Waals surface area contributed by atoms with Gasteiger partial charge >= 0.3 is 0 Å². The van der Waals surface area contributed by atoms with E-state index >= 15 is 0 Å². The zero-order chi connectivity index (χ0) is 17.2. The number of rotatable bonds is 4. The topological polar surface area (TPSA) is 55.6 Å². The average molecular weight is 318 g/mol. The first kappa shape index (κ1) is 17.8. The van der Waals surface area contributed by atoms with Crippen LogP contribution < -0.4 is 10.5 Å². The number of carbonyl (C=O) groups is 1. The van der Waals surface area contributed by atoms with Gasteiger partial charge in [0.2, 0.25) is 0 Å². The molecular weight excluding hydrogens is 288 g/mol. The maximum atomic E-state index is 12.4. The Balaban J connectivity index is 1.93. The van der Waals surface area contributed by atoms with Crippen molar-refractivity contribution in [1.29, 1.82) is 0 Å². The van der Waals surface area contributed by atoms with Gasteiger partial charge in [0, 0.05) is 19.1 Å². The van der Waals surface area contributed by atoms with E-state index in [1.165, 1.54) is 11.1 Å². The molecular formula is C19H30N2O2. The number of benzene rings is 1. The molecule has 1 amide bonds. The molecule has 0 aliphatic carbocycles. The Labute approximate surface area is 140 Å². The zero-order valence-electron chi connectivity index (χ0n) is 15.1. The Hall–Kier alpha value is -1.55. The van der Waals surface area contributed by atoms with Crippen molar-refractivity contribution in [2.75, 3.05) is 19.7 Å². The molecule has 0 saturated carbocycles. The molecule has 2 N–H and O–H groups in total. The van der Waals surface area contributed by atoms with Gasteiger partial charge in [-0.05, 0) is 47.9 Å². The molecule has 1 atom stereocenters. The average Bonchev–Trinajstić information content (AvgIpc) is 2.47. The minimum absolute atomic E-state index is 0.0376. The van der Waals surface area contributed by atoms with Crippen molar-refractivity contribution in [3.8, 4) is 5.75 Å². The lowest BCUT2D eigenvalue weighted by Gasteiger charge is -2.42. The summed E-state index contributed by atoms with van der Waals surface area (Å²) in [5, 5.41) is 0. The number of hydrogen-bond donors (Lipinski definition) is 1. The fourth-order valence-corrected chi connectivity index (χ4v) is 3.21. The van der Waals surface area contributed by atoms with Gasteiger partial charge in [0.25, 0.3) is 5.91 Å². The molecule has 1 aromatic rings. The van der Waals surface area contributed by atoms with Crippen LogP contribution in [0, 0.1) is 12.3 Å². The van der Waals surface area contributed by atoms with Gasteiger partial charge in [0.05, 0.1) is 0 Å². The van der Waals surface area contributed by atoms with E-state index in [1.807, 2.05) is 17.0 Å². The fourth-order valence-electron chi connectivity index (χ4n) is 3.21. The first-order valence-electron chi connectivity index (χ1n) is 8.47. The number of ether oxygens (including phenoxy) is 1. The summed E-state index contributed by atoms with van der Waals surface area (Å²) in [7, 11) is 0. The summed E-state index contributed by atoms with van der Waals surface area (Å²) in [5.41, 5.74) is 8.61. The Bertz CT molecular complexity index is 566. The smallest absolute Gasteiger partial charge is 0.260 e. The highest BCUT2D eigenvalue weighted by atomic mass is 16.5. The number of nitrogens with two attached hydrogens (primary N) is 1. The Morgan fingerprint density at radius 3 is 2.70 bits per heavy atom. The van der Waals surface area contributed by atoms with Crippen LogP contribution in [0.5, 0.6) is 5.75 Å². The number of piperidine rings is 1. The minimum atomic E-state index is -0.0383.